The van der Waals surface area contributed by atoms with Gasteiger partial charge in [-0.1, -0.05) is 35.4 Å². The van der Waals surface area contributed by atoms with Gasteiger partial charge in [-0.25, -0.2) is 8.42 Å². The zero-order valence-electron chi connectivity index (χ0n) is 11.3. The molecule has 0 aromatic heterocycles. The van der Waals surface area contributed by atoms with E-state index >= 15 is 0 Å². The van der Waals surface area contributed by atoms with E-state index in [2.05, 4.69) is 0 Å². The van der Waals surface area contributed by atoms with Crippen LogP contribution in [-0.4, -0.2) is 8.42 Å². The molecule has 0 saturated heterocycles. The molecule has 2 nitrogen and oxygen atoms in total. The molecule has 2 aromatic rings. The van der Waals surface area contributed by atoms with Crippen molar-refractivity contribution in [1.29, 1.82) is 0 Å². The summed E-state index contributed by atoms with van der Waals surface area (Å²) in [6, 6.07) is 9.52. The molecular weight excluding hydrogens is 256 g/mol. The molecule has 1 heterocycles. The van der Waals surface area contributed by atoms with Gasteiger partial charge in [-0.15, -0.1) is 0 Å². The van der Waals surface area contributed by atoms with Crippen LogP contribution in [0.4, 0.5) is 0 Å². The molecule has 0 amide bonds. The van der Waals surface area contributed by atoms with E-state index in [0.717, 1.165) is 27.8 Å². The van der Waals surface area contributed by atoms with Gasteiger partial charge in [0, 0.05) is 6.42 Å². The summed E-state index contributed by atoms with van der Waals surface area (Å²) in [5, 5.41) is 0. The molecule has 0 fully saturated rings. The van der Waals surface area contributed by atoms with E-state index in [4.69, 9.17) is 0 Å². The van der Waals surface area contributed by atoms with E-state index in [0.29, 0.717) is 16.2 Å². The van der Waals surface area contributed by atoms with E-state index < -0.39 is 9.84 Å². The number of aryl methyl sites for hydroxylation is 3. The Labute approximate surface area is 114 Å². The third kappa shape index (κ3) is 1.80. The van der Waals surface area contributed by atoms with Gasteiger partial charge in [-0.05, 0) is 43.5 Å². The lowest BCUT2D eigenvalue weighted by Crippen LogP contribution is -2.16. The van der Waals surface area contributed by atoms with Crippen molar-refractivity contribution in [3.63, 3.8) is 0 Å². The summed E-state index contributed by atoms with van der Waals surface area (Å²) < 4.78 is 25.5. The van der Waals surface area contributed by atoms with E-state index in [1.165, 1.54) is 0 Å². The van der Waals surface area contributed by atoms with Gasteiger partial charge in [-0.3, -0.25) is 0 Å². The van der Waals surface area contributed by atoms with Crippen LogP contribution in [0.1, 0.15) is 27.8 Å². The van der Waals surface area contributed by atoms with Crippen molar-refractivity contribution in [2.75, 3.05) is 0 Å². The van der Waals surface area contributed by atoms with Crippen LogP contribution in [0.2, 0.25) is 0 Å². The van der Waals surface area contributed by atoms with E-state index in [-0.39, 0.29) is 0 Å². The van der Waals surface area contributed by atoms with Crippen molar-refractivity contribution in [3.8, 4) is 0 Å². The molecule has 0 bridgehead atoms. The number of fused-ring (bicyclic) bond motifs is 2. The van der Waals surface area contributed by atoms with Crippen LogP contribution in [0.25, 0.3) is 0 Å². The Hall–Kier alpha value is -1.61. The van der Waals surface area contributed by atoms with Crippen LogP contribution >= 0.6 is 0 Å². The molecule has 0 N–H and O–H groups in total. The first-order valence-electron chi connectivity index (χ1n) is 6.34. The van der Waals surface area contributed by atoms with Crippen LogP contribution < -0.4 is 0 Å². The third-order valence-corrected chi connectivity index (χ3v) is 5.75. The van der Waals surface area contributed by atoms with Crippen molar-refractivity contribution in [2.24, 2.45) is 0 Å². The van der Waals surface area contributed by atoms with Crippen LogP contribution in [-0.2, 0) is 16.3 Å². The van der Waals surface area contributed by atoms with Crippen LogP contribution in [0.3, 0.4) is 0 Å². The van der Waals surface area contributed by atoms with Crippen molar-refractivity contribution in [2.45, 2.75) is 37.0 Å². The highest BCUT2D eigenvalue weighted by Crippen LogP contribution is 2.37. The molecule has 0 unspecified atom stereocenters. The molecule has 1 aliphatic rings. The number of benzene rings is 2. The quantitative estimate of drug-likeness (QED) is 0.629. The predicted octanol–water partition coefficient (Wildman–Crippen LogP) is 3.35. The maximum Gasteiger partial charge on any atom is 0.207 e. The van der Waals surface area contributed by atoms with Gasteiger partial charge in [0.2, 0.25) is 9.84 Å². The second-order valence-corrected chi connectivity index (χ2v) is 7.22. The molecule has 2 aromatic carbocycles. The highest BCUT2D eigenvalue weighted by atomic mass is 32.2. The Bertz CT molecular complexity index is 787. The summed E-state index contributed by atoms with van der Waals surface area (Å²) in [4.78, 5) is 0.979. The standard InChI is InChI=1S/C16H16O2S/c1-10-4-5-15-13(7-10)9-14-8-11(2)6-12(3)16(14)19(15,17)18/h4-8H,9H2,1-3H3. The molecule has 0 radical (unpaired) electrons. The molecule has 0 atom stereocenters. The number of hydrogen-bond donors (Lipinski definition) is 0. The van der Waals surface area contributed by atoms with Gasteiger partial charge in [0.05, 0.1) is 9.79 Å². The Morgan fingerprint density at radius 1 is 0.895 bits per heavy atom. The van der Waals surface area contributed by atoms with E-state index in [1.54, 1.807) is 6.07 Å². The maximum absolute atomic E-state index is 12.7. The molecule has 98 valence electrons. The highest BCUT2D eigenvalue weighted by molar-refractivity contribution is 7.91. The monoisotopic (exact) mass is 272 g/mol. The fourth-order valence-corrected chi connectivity index (χ4v) is 4.88. The van der Waals surface area contributed by atoms with Crippen LogP contribution in [0.15, 0.2) is 40.1 Å². The minimum absolute atomic E-state index is 0.470. The third-order valence-electron chi connectivity index (χ3n) is 3.65. The van der Waals surface area contributed by atoms with Gasteiger partial charge in [-0.2, -0.15) is 0 Å². The van der Waals surface area contributed by atoms with Gasteiger partial charge in [0.1, 0.15) is 0 Å². The summed E-state index contributed by atoms with van der Waals surface area (Å²) in [5.74, 6) is 0. The van der Waals surface area contributed by atoms with Gasteiger partial charge < -0.3 is 0 Å². The molecule has 1 aliphatic heterocycles. The SMILES string of the molecule is Cc1ccc2c(c1)Cc1cc(C)cc(C)c1S2(=O)=O. The summed E-state index contributed by atoms with van der Waals surface area (Å²) >= 11 is 0. The van der Waals surface area contributed by atoms with E-state index in [9.17, 15) is 8.42 Å². The van der Waals surface area contributed by atoms with E-state index in [1.807, 2.05) is 45.0 Å². The lowest BCUT2D eigenvalue weighted by molar-refractivity contribution is 0.591. The predicted molar refractivity (Wildman–Crippen MR) is 75.4 cm³/mol. The van der Waals surface area contributed by atoms with Gasteiger partial charge in [0.15, 0.2) is 0 Å². The summed E-state index contributed by atoms with van der Waals surface area (Å²) in [5.41, 5.74) is 4.90. The zero-order chi connectivity index (χ0) is 13.8. The number of sulfone groups is 1. The minimum Gasteiger partial charge on any atom is -0.218 e. The molecular formula is C16H16O2S. The smallest absolute Gasteiger partial charge is 0.207 e. The first kappa shape index (κ1) is 12.4. The topological polar surface area (TPSA) is 34.1 Å². The Balaban J connectivity index is 2.37. The number of rotatable bonds is 0. The average molecular weight is 272 g/mol. The van der Waals surface area contributed by atoms with Crippen molar-refractivity contribution < 1.29 is 8.42 Å². The lowest BCUT2D eigenvalue weighted by Gasteiger charge is -2.22. The molecule has 0 aliphatic carbocycles. The number of hydrogen-bond acceptors (Lipinski definition) is 2. The highest BCUT2D eigenvalue weighted by Gasteiger charge is 2.30. The fraction of sp³-hybridized carbons (Fsp3) is 0.250. The fourth-order valence-electron chi connectivity index (χ4n) is 2.98. The van der Waals surface area contributed by atoms with Crippen molar-refractivity contribution in [3.05, 3.63) is 58.1 Å². The Morgan fingerprint density at radius 2 is 1.58 bits per heavy atom. The first-order chi connectivity index (χ1) is 8.89. The molecule has 0 spiro atoms. The molecule has 3 heteroatoms. The zero-order valence-corrected chi connectivity index (χ0v) is 12.1. The van der Waals surface area contributed by atoms with Gasteiger partial charge >= 0.3 is 0 Å². The van der Waals surface area contributed by atoms with Crippen LogP contribution in [0.5, 0.6) is 0 Å². The Kier molecular flexibility index (Phi) is 2.58. The van der Waals surface area contributed by atoms with Crippen LogP contribution in [0, 0.1) is 20.8 Å². The molecule has 3 rings (SSSR count). The average Bonchev–Trinajstić information content (AvgIpc) is 2.25. The Morgan fingerprint density at radius 3 is 2.32 bits per heavy atom. The second-order valence-electron chi connectivity index (χ2n) is 5.36. The summed E-state index contributed by atoms with van der Waals surface area (Å²) in [6.07, 6.45) is 0.702. The minimum atomic E-state index is -3.37. The summed E-state index contributed by atoms with van der Waals surface area (Å²) in [7, 11) is -3.37. The van der Waals surface area contributed by atoms with Gasteiger partial charge in [0.25, 0.3) is 0 Å². The largest absolute Gasteiger partial charge is 0.218 e. The summed E-state index contributed by atoms with van der Waals surface area (Å²) in [6.45, 7) is 5.87. The normalized spacial score (nSPS) is 15.7. The molecule has 19 heavy (non-hydrogen) atoms. The maximum atomic E-state index is 12.7. The lowest BCUT2D eigenvalue weighted by atomic mass is 9.99. The van der Waals surface area contributed by atoms with Crippen molar-refractivity contribution in [1.82, 2.24) is 0 Å². The molecule has 0 saturated carbocycles. The first-order valence-corrected chi connectivity index (χ1v) is 7.82. The van der Waals surface area contributed by atoms with Crippen molar-refractivity contribution >= 4 is 9.84 Å². The second kappa shape index (κ2) is 3.94.